The topological polar surface area (TPSA) is 95.0 Å². The van der Waals surface area contributed by atoms with Gasteiger partial charge in [0.25, 0.3) is 11.5 Å². The van der Waals surface area contributed by atoms with E-state index in [1.807, 2.05) is 30.3 Å². The molecule has 0 saturated heterocycles. The second-order valence-electron chi connectivity index (χ2n) is 8.18. The first kappa shape index (κ1) is 24.1. The molecular weight excluding hydrogens is 492 g/mol. The van der Waals surface area contributed by atoms with Crippen molar-refractivity contribution >= 4 is 40.2 Å². The summed E-state index contributed by atoms with van der Waals surface area (Å²) in [5, 5.41) is 0.570. The highest BCUT2D eigenvalue weighted by molar-refractivity contribution is 6.31. The standard InChI is InChI=1S/C28H21ClN4O4/c1-2-37-28(36)22-16-21-24(30-23-13-6-7-14-32(23)27(21)35)33(17-18-9-4-3-5-10-18)25(22)31-26(34)19-11-8-12-20(29)15-19/h3-16H,2,17H2,1H3. The number of carbonyl (C=O) groups excluding carboxylic acids is 2. The summed E-state index contributed by atoms with van der Waals surface area (Å²) in [6, 6.07) is 22.4. The van der Waals surface area contributed by atoms with E-state index in [9.17, 15) is 14.4 Å². The molecule has 0 bridgehead atoms. The number of ether oxygens (including phenoxy) is 1. The van der Waals surface area contributed by atoms with Crippen LogP contribution in [0.1, 0.15) is 33.2 Å². The van der Waals surface area contributed by atoms with Crippen molar-refractivity contribution in [1.29, 1.82) is 0 Å². The number of nitrogens with zero attached hydrogens (tertiary/aromatic N) is 4. The zero-order chi connectivity index (χ0) is 25.9. The number of rotatable bonds is 5. The Bertz CT molecular complexity index is 1790. The molecule has 8 nitrogen and oxygen atoms in total. The highest BCUT2D eigenvalue weighted by Crippen LogP contribution is 2.15. The molecule has 0 aliphatic carbocycles. The highest BCUT2D eigenvalue weighted by Gasteiger charge is 2.20. The summed E-state index contributed by atoms with van der Waals surface area (Å²) in [5.41, 5.74) is 1.46. The summed E-state index contributed by atoms with van der Waals surface area (Å²) in [7, 11) is 0. The van der Waals surface area contributed by atoms with E-state index in [0.29, 0.717) is 10.7 Å². The third-order valence-corrected chi connectivity index (χ3v) is 5.98. The fourth-order valence-corrected chi connectivity index (χ4v) is 4.25. The average Bonchev–Trinajstić information content (AvgIpc) is 2.91. The molecule has 3 heterocycles. The van der Waals surface area contributed by atoms with Crippen LogP contribution in [0.4, 0.5) is 0 Å². The van der Waals surface area contributed by atoms with E-state index in [-0.39, 0.29) is 46.4 Å². The summed E-state index contributed by atoms with van der Waals surface area (Å²) in [6.07, 6.45) is 1.61. The van der Waals surface area contributed by atoms with Crippen molar-refractivity contribution < 1.29 is 14.3 Å². The van der Waals surface area contributed by atoms with Crippen LogP contribution in [0.25, 0.3) is 16.7 Å². The van der Waals surface area contributed by atoms with Gasteiger partial charge in [-0.05, 0) is 48.9 Å². The normalized spacial score (nSPS) is 11.7. The van der Waals surface area contributed by atoms with E-state index < -0.39 is 11.9 Å². The maximum atomic E-state index is 13.5. The fourth-order valence-electron chi connectivity index (χ4n) is 4.06. The Morgan fingerprint density at radius 1 is 1.00 bits per heavy atom. The van der Waals surface area contributed by atoms with E-state index in [2.05, 4.69) is 4.99 Å². The smallest absolute Gasteiger partial charge is 0.341 e. The number of halogens is 1. The molecule has 0 unspecified atom stereocenters. The minimum Gasteiger partial charge on any atom is -0.462 e. The summed E-state index contributed by atoms with van der Waals surface area (Å²) < 4.78 is 8.29. The first-order valence-electron chi connectivity index (χ1n) is 11.6. The van der Waals surface area contributed by atoms with Crippen molar-refractivity contribution in [3.8, 4) is 0 Å². The molecular formula is C28H21ClN4O4. The van der Waals surface area contributed by atoms with Gasteiger partial charge in [-0.25, -0.2) is 9.78 Å². The lowest BCUT2D eigenvalue weighted by Crippen LogP contribution is -2.33. The number of amides is 1. The number of carbonyl (C=O) groups is 2. The second-order valence-corrected chi connectivity index (χ2v) is 8.62. The molecule has 3 aromatic heterocycles. The zero-order valence-corrected chi connectivity index (χ0v) is 20.6. The van der Waals surface area contributed by atoms with Gasteiger partial charge in [-0.15, -0.1) is 0 Å². The lowest BCUT2D eigenvalue weighted by atomic mass is 10.1. The Labute approximate surface area is 216 Å². The third-order valence-electron chi connectivity index (χ3n) is 5.75. The van der Waals surface area contributed by atoms with E-state index in [1.165, 1.54) is 16.5 Å². The van der Waals surface area contributed by atoms with Crippen molar-refractivity contribution in [3.63, 3.8) is 0 Å². The van der Waals surface area contributed by atoms with Gasteiger partial charge in [0.05, 0.1) is 18.5 Å². The molecule has 0 aliphatic rings. The van der Waals surface area contributed by atoms with Crippen LogP contribution in [-0.4, -0.2) is 32.4 Å². The maximum Gasteiger partial charge on any atom is 0.341 e. The van der Waals surface area contributed by atoms with Gasteiger partial charge in [-0.3, -0.25) is 14.0 Å². The Morgan fingerprint density at radius 3 is 2.54 bits per heavy atom. The van der Waals surface area contributed by atoms with Crippen LogP contribution >= 0.6 is 11.6 Å². The summed E-state index contributed by atoms with van der Waals surface area (Å²) in [6.45, 7) is 1.97. The molecule has 184 valence electrons. The molecule has 5 rings (SSSR count). The number of hydrogen-bond donors (Lipinski definition) is 0. The van der Waals surface area contributed by atoms with Gasteiger partial charge in [-0.1, -0.05) is 54.1 Å². The van der Waals surface area contributed by atoms with Crippen LogP contribution in [0.15, 0.2) is 94.8 Å². The van der Waals surface area contributed by atoms with E-state index >= 15 is 0 Å². The summed E-state index contributed by atoms with van der Waals surface area (Å²) in [4.78, 5) is 48.9. The molecule has 5 aromatic rings. The van der Waals surface area contributed by atoms with Crippen molar-refractivity contribution in [2.24, 2.45) is 4.99 Å². The Hall–Kier alpha value is -4.56. The zero-order valence-electron chi connectivity index (χ0n) is 19.8. The van der Waals surface area contributed by atoms with Crippen LogP contribution in [0.5, 0.6) is 0 Å². The van der Waals surface area contributed by atoms with Crippen molar-refractivity contribution in [2.75, 3.05) is 6.61 Å². The van der Waals surface area contributed by atoms with Gasteiger partial charge in [-0.2, -0.15) is 4.99 Å². The van der Waals surface area contributed by atoms with Crippen LogP contribution in [0.2, 0.25) is 5.02 Å². The van der Waals surface area contributed by atoms with Crippen molar-refractivity contribution in [2.45, 2.75) is 13.5 Å². The summed E-state index contributed by atoms with van der Waals surface area (Å²) >= 11 is 6.08. The van der Waals surface area contributed by atoms with Crippen LogP contribution in [-0.2, 0) is 11.3 Å². The molecule has 0 aliphatic heterocycles. The van der Waals surface area contributed by atoms with Crippen LogP contribution in [0.3, 0.4) is 0 Å². The first-order valence-corrected chi connectivity index (χ1v) is 11.9. The Kier molecular flexibility index (Phi) is 6.66. The van der Waals surface area contributed by atoms with Gasteiger partial charge in [0, 0.05) is 16.8 Å². The Morgan fingerprint density at radius 2 is 1.78 bits per heavy atom. The Balaban J connectivity index is 1.90. The fraction of sp³-hybridized carbons (Fsp3) is 0.107. The van der Waals surface area contributed by atoms with Gasteiger partial charge in [0.2, 0.25) is 0 Å². The maximum absolute atomic E-state index is 13.5. The molecule has 0 N–H and O–H groups in total. The minimum absolute atomic E-state index is 0.0181. The number of aromatic nitrogens is 3. The monoisotopic (exact) mass is 512 g/mol. The molecule has 1 amide bonds. The predicted octanol–water partition coefficient (Wildman–Crippen LogP) is 4.27. The minimum atomic E-state index is -0.707. The molecule has 0 atom stereocenters. The lowest BCUT2D eigenvalue weighted by Gasteiger charge is -2.15. The predicted molar refractivity (Wildman–Crippen MR) is 140 cm³/mol. The largest absolute Gasteiger partial charge is 0.462 e. The van der Waals surface area contributed by atoms with Crippen LogP contribution < -0.4 is 11.0 Å². The quantitative estimate of drug-likeness (QED) is 0.259. The van der Waals surface area contributed by atoms with Crippen molar-refractivity contribution in [3.05, 3.63) is 123 Å². The van der Waals surface area contributed by atoms with Crippen molar-refractivity contribution in [1.82, 2.24) is 14.0 Å². The van der Waals surface area contributed by atoms with Gasteiger partial charge in [0.15, 0.2) is 5.49 Å². The lowest BCUT2D eigenvalue weighted by molar-refractivity contribution is 0.0523. The van der Waals surface area contributed by atoms with Gasteiger partial charge in [0.1, 0.15) is 16.9 Å². The number of benzene rings is 2. The molecule has 0 saturated carbocycles. The van der Waals surface area contributed by atoms with Crippen LogP contribution in [0, 0.1) is 0 Å². The van der Waals surface area contributed by atoms with Gasteiger partial charge >= 0.3 is 5.97 Å². The third kappa shape index (κ3) is 4.79. The second kappa shape index (κ2) is 10.2. The van der Waals surface area contributed by atoms with E-state index in [4.69, 9.17) is 21.3 Å². The molecule has 0 radical (unpaired) electrons. The molecule has 0 fully saturated rings. The highest BCUT2D eigenvalue weighted by atomic mass is 35.5. The molecule has 0 spiro atoms. The first-order chi connectivity index (χ1) is 18.0. The number of pyridine rings is 2. The van der Waals surface area contributed by atoms with E-state index in [0.717, 1.165) is 5.56 Å². The molecule has 9 heteroatoms. The number of fused-ring (bicyclic) bond motifs is 2. The number of esters is 1. The molecule has 37 heavy (non-hydrogen) atoms. The SMILES string of the molecule is CCOC(=O)c1cc2c(=O)n3ccccc3nc2n(Cc2ccccc2)c1=NC(=O)c1cccc(Cl)c1. The number of hydrogen-bond acceptors (Lipinski definition) is 5. The average molecular weight is 513 g/mol. The van der Waals surface area contributed by atoms with Gasteiger partial charge < -0.3 is 9.30 Å². The summed E-state index contributed by atoms with van der Waals surface area (Å²) in [5.74, 6) is -1.31. The van der Waals surface area contributed by atoms with E-state index in [1.54, 1.807) is 54.1 Å². The molecule has 2 aromatic carbocycles.